The zero-order chi connectivity index (χ0) is 20.3. The van der Waals surface area contributed by atoms with Gasteiger partial charge in [0.05, 0.1) is 19.1 Å². The number of thiocarbonyl (C=S) groups is 1. The average Bonchev–Trinajstić information content (AvgIpc) is 2.96. The summed E-state index contributed by atoms with van der Waals surface area (Å²) < 4.78 is 10.9. The Bertz CT molecular complexity index is 958. The van der Waals surface area contributed by atoms with Gasteiger partial charge < -0.3 is 14.6 Å². The molecule has 1 saturated heterocycles. The number of amides is 1. The topological polar surface area (TPSA) is 76.1 Å². The van der Waals surface area contributed by atoms with Crippen molar-refractivity contribution in [2.75, 3.05) is 14.2 Å². The SMILES string of the molecule is COc1cccc(/C=C2/SC(=S)N(C(C(=O)O)c3ccccc3)C2=O)c1OC. The normalized spacial score (nSPS) is 16.4. The van der Waals surface area contributed by atoms with Gasteiger partial charge in [-0.2, -0.15) is 0 Å². The maximum absolute atomic E-state index is 13.0. The summed E-state index contributed by atoms with van der Waals surface area (Å²) in [5.41, 5.74) is 1.11. The number of ether oxygens (including phenoxy) is 2. The molecule has 144 valence electrons. The van der Waals surface area contributed by atoms with Crippen molar-refractivity contribution in [3.05, 3.63) is 64.6 Å². The van der Waals surface area contributed by atoms with Gasteiger partial charge in [-0.05, 0) is 17.7 Å². The number of carboxylic acids is 1. The van der Waals surface area contributed by atoms with Crippen LogP contribution in [0.25, 0.3) is 6.08 Å². The van der Waals surface area contributed by atoms with Crippen molar-refractivity contribution in [1.82, 2.24) is 4.90 Å². The van der Waals surface area contributed by atoms with Crippen LogP contribution in [0, 0.1) is 0 Å². The molecule has 1 fully saturated rings. The van der Waals surface area contributed by atoms with E-state index in [0.717, 1.165) is 16.7 Å². The maximum atomic E-state index is 13.0. The molecule has 8 heteroatoms. The van der Waals surface area contributed by atoms with Crippen LogP contribution in [0.3, 0.4) is 0 Å². The molecule has 0 radical (unpaired) electrons. The predicted octanol–water partition coefficient (Wildman–Crippen LogP) is 3.73. The average molecular weight is 415 g/mol. The number of hydrogen-bond acceptors (Lipinski definition) is 6. The lowest BCUT2D eigenvalue weighted by Crippen LogP contribution is -2.37. The van der Waals surface area contributed by atoms with E-state index in [9.17, 15) is 14.7 Å². The molecule has 0 aliphatic carbocycles. The number of nitrogens with zero attached hydrogens (tertiary/aromatic N) is 1. The van der Waals surface area contributed by atoms with Crippen LogP contribution in [-0.4, -0.2) is 40.4 Å². The molecule has 0 spiro atoms. The van der Waals surface area contributed by atoms with Crippen molar-refractivity contribution in [3.8, 4) is 11.5 Å². The van der Waals surface area contributed by atoms with E-state index < -0.39 is 17.9 Å². The first-order valence-electron chi connectivity index (χ1n) is 8.23. The minimum Gasteiger partial charge on any atom is -0.493 e. The molecule has 6 nitrogen and oxygen atoms in total. The van der Waals surface area contributed by atoms with Crippen LogP contribution in [0.15, 0.2) is 53.4 Å². The zero-order valence-electron chi connectivity index (χ0n) is 15.1. The van der Waals surface area contributed by atoms with Gasteiger partial charge in [0.2, 0.25) is 0 Å². The molecular formula is C20H17NO5S2. The zero-order valence-corrected chi connectivity index (χ0v) is 16.8. The summed E-state index contributed by atoms with van der Waals surface area (Å²) in [5.74, 6) is -0.605. The molecule has 1 atom stereocenters. The van der Waals surface area contributed by atoms with E-state index in [1.54, 1.807) is 54.6 Å². The molecular weight excluding hydrogens is 398 g/mol. The number of para-hydroxylation sites is 1. The van der Waals surface area contributed by atoms with Crippen LogP contribution in [0.1, 0.15) is 17.2 Å². The lowest BCUT2D eigenvalue weighted by molar-refractivity contribution is -0.145. The summed E-state index contributed by atoms with van der Waals surface area (Å²) in [7, 11) is 3.04. The van der Waals surface area contributed by atoms with Gasteiger partial charge in [0.25, 0.3) is 5.91 Å². The number of carbonyl (C=O) groups excluding carboxylic acids is 1. The molecule has 0 bridgehead atoms. The number of hydrogen-bond donors (Lipinski definition) is 1. The highest BCUT2D eigenvalue weighted by Crippen LogP contribution is 2.40. The minimum absolute atomic E-state index is 0.189. The number of carboxylic acid groups (broad SMARTS) is 1. The summed E-state index contributed by atoms with van der Waals surface area (Å²) in [6, 6.07) is 12.7. The first-order valence-corrected chi connectivity index (χ1v) is 9.46. The Hall–Kier alpha value is -2.84. The Kier molecular flexibility index (Phi) is 6.01. The Balaban J connectivity index is 2.00. The van der Waals surface area contributed by atoms with Crippen LogP contribution in [0.2, 0.25) is 0 Å². The van der Waals surface area contributed by atoms with E-state index >= 15 is 0 Å². The second kappa shape index (κ2) is 8.45. The first-order chi connectivity index (χ1) is 13.5. The summed E-state index contributed by atoms with van der Waals surface area (Å²) in [6.45, 7) is 0. The molecule has 1 aliphatic heterocycles. The number of carbonyl (C=O) groups is 2. The van der Waals surface area contributed by atoms with Crippen LogP contribution in [0.5, 0.6) is 11.5 Å². The highest BCUT2D eigenvalue weighted by atomic mass is 32.2. The highest BCUT2D eigenvalue weighted by Gasteiger charge is 2.41. The van der Waals surface area contributed by atoms with Crippen LogP contribution >= 0.6 is 24.0 Å². The van der Waals surface area contributed by atoms with Crippen LogP contribution in [0.4, 0.5) is 0 Å². The Morgan fingerprint density at radius 2 is 1.86 bits per heavy atom. The summed E-state index contributed by atoms with van der Waals surface area (Å²) in [4.78, 5) is 26.4. The smallest absolute Gasteiger partial charge is 0.331 e. The largest absolute Gasteiger partial charge is 0.493 e. The second-order valence-electron chi connectivity index (χ2n) is 5.79. The first kappa shape index (κ1) is 19.9. The van der Waals surface area contributed by atoms with E-state index in [4.69, 9.17) is 21.7 Å². The van der Waals surface area contributed by atoms with Crippen molar-refractivity contribution < 1.29 is 24.2 Å². The standard InChI is InChI=1S/C20H17NO5S2/c1-25-14-10-6-9-13(17(14)26-2)11-15-18(22)21(20(27)28-15)16(19(23)24)12-7-4-3-5-8-12/h3-11,16H,1-2H3,(H,23,24)/b15-11+. The summed E-state index contributed by atoms with van der Waals surface area (Å²) >= 11 is 6.38. The number of benzene rings is 2. The monoisotopic (exact) mass is 415 g/mol. The van der Waals surface area contributed by atoms with Gasteiger partial charge in [0, 0.05) is 5.56 Å². The third-order valence-corrected chi connectivity index (χ3v) is 5.48. The molecule has 28 heavy (non-hydrogen) atoms. The van der Waals surface area contributed by atoms with Crippen molar-refractivity contribution in [3.63, 3.8) is 0 Å². The van der Waals surface area contributed by atoms with E-state index in [0.29, 0.717) is 27.5 Å². The van der Waals surface area contributed by atoms with Gasteiger partial charge in [-0.1, -0.05) is 66.4 Å². The lowest BCUT2D eigenvalue weighted by atomic mass is 10.1. The Morgan fingerprint density at radius 3 is 2.46 bits per heavy atom. The summed E-state index contributed by atoms with van der Waals surface area (Å²) in [6.07, 6.45) is 1.63. The molecule has 1 amide bonds. The molecule has 1 unspecified atom stereocenters. The van der Waals surface area contributed by atoms with Gasteiger partial charge in [0.1, 0.15) is 4.32 Å². The second-order valence-corrected chi connectivity index (χ2v) is 7.46. The lowest BCUT2D eigenvalue weighted by Gasteiger charge is -2.23. The fourth-order valence-electron chi connectivity index (χ4n) is 2.91. The van der Waals surface area contributed by atoms with E-state index in [1.165, 1.54) is 14.2 Å². The van der Waals surface area contributed by atoms with Gasteiger partial charge in [-0.3, -0.25) is 9.69 Å². The molecule has 0 saturated carbocycles. The number of aliphatic carboxylic acids is 1. The van der Waals surface area contributed by atoms with Crippen LogP contribution in [-0.2, 0) is 9.59 Å². The van der Waals surface area contributed by atoms with Crippen LogP contribution < -0.4 is 9.47 Å². The fourth-order valence-corrected chi connectivity index (χ4v) is 4.21. The number of rotatable bonds is 6. The third-order valence-electron chi connectivity index (χ3n) is 4.15. The fraction of sp³-hybridized carbons (Fsp3) is 0.150. The number of methoxy groups -OCH3 is 2. The van der Waals surface area contributed by atoms with Gasteiger partial charge in [-0.25, -0.2) is 4.79 Å². The quantitative estimate of drug-likeness (QED) is 0.569. The van der Waals surface area contributed by atoms with Crippen molar-refractivity contribution in [2.24, 2.45) is 0 Å². The molecule has 0 aromatic heterocycles. The minimum atomic E-state index is -1.19. The van der Waals surface area contributed by atoms with E-state index in [1.807, 2.05) is 0 Å². The Labute approximate surface area is 171 Å². The molecule has 1 heterocycles. The maximum Gasteiger partial charge on any atom is 0.331 e. The predicted molar refractivity (Wildman–Crippen MR) is 111 cm³/mol. The van der Waals surface area contributed by atoms with Crippen molar-refractivity contribution >= 4 is 46.3 Å². The molecule has 2 aromatic carbocycles. The van der Waals surface area contributed by atoms with E-state index in [-0.39, 0.29) is 4.32 Å². The van der Waals surface area contributed by atoms with Gasteiger partial charge in [-0.15, -0.1) is 0 Å². The van der Waals surface area contributed by atoms with E-state index in [2.05, 4.69) is 0 Å². The highest BCUT2D eigenvalue weighted by molar-refractivity contribution is 8.26. The molecule has 1 N–H and O–H groups in total. The molecule has 2 aromatic rings. The molecule has 3 rings (SSSR count). The number of thioether (sulfide) groups is 1. The van der Waals surface area contributed by atoms with Gasteiger partial charge in [0.15, 0.2) is 17.5 Å². The Morgan fingerprint density at radius 1 is 1.14 bits per heavy atom. The van der Waals surface area contributed by atoms with Crippen molar-refractivity contribution in [2.45, 2.75) is 6.04 Å². The van der Waals surface area contributed by atoms with Gasteiger partial charge >= 0.3 is 5.97 Å². The van der Waals surface area contributed by atoms with Crippen molar-refractivity contribution in [1.29, 1.82) is 0 Å². The third kappa shape index (κ3) is 3.74. The molecule has 1 aliphatic rings. The summed E-state index contributed by atoms with van der Waals surface area (Å²) in [5, 5.41) is 9.73.